The molecule has 1 unspecified atom stereocenters. The molecule has 2 N–H and O–H groups in total. The zero-order valence-corrected chi connectivity index (χ0v) is 19.1. The Morgan fingerprint density at radius 3 is 2.37 bits per heavy atom. The summed E-state index contributed by atoms with van der Waals surface area (Å²) in [6.45, 7) is 0.247. The maximum atomic E-state index is 13.2. The minimum Gasteiger partial charge on any atom is -0.447 e. The Balaban J connectivity index is 1.47. The van der Waals surface area contributed by atoms with Crippen molar-refractivity contribution in [1.82, 2.24) is 20.5 Å². The highest BCUT2D eigenvalue weighted by atomic mass is 16.3. The number of amides is 3. The SMILES string of the molecule is O=C(NCc1ncco1)C(=O)C(Cc1ccccc1)NC(=O)[C@H]1CCC(=O)N1Cc1ccccc1. The molecule has 0 spiro atoms. The number of aromatic nitrogens is 1. The second kappa shape index (κ2) is 11.2. The van der Waals surface area contributed by atoms with Gasteiger partial charge in [-0.15, -0.1) is 0 Å². The van der Waals surface area contributed by atoms with Gasteiger partial charge in [0.2, 0.25) is 23.5 Å². The Labute approximate surface area is 202 Å². The van der Waals surface area contributed by atoms with E-state index < -0.39 is 29.7 Å². The molecule has 3 amide bonds. The van der Waals surface area contributed by atoms with Gasteiger partial charge in [-0.25, -0.2) is 4.98 Å². The van der Waals surface area contributed by atoms with E-state index in [2.05, 4.69) is 15.6 Å². The first kappa shape index (κ1) is 23.9. The van der Waals surface area contributed by atoms with Gasteiger partial charge in [0.15, 0.2) is 0 Å². The second-order valence-corrected chi connectivity index (χ2v) is 8.29. The summed E-state index contributed by atoms with van der Waals surface area (Å²) in [5.41, 5.74) is 1.69. The number of carbonyl (C=O) groups excluding carboxylic acids is 4. The van der Waals surface area contributed by atoms with Crippen LogP contribution in [-0.2, 0) is 38.7 Å². The minimum atomic E-state index is -1.09. The molecule has 1 aromatic heterocycles. The minimum absolute atomic E-state index is 0.0500. The number of likely N-dealkylation sites (tertiary alicyclic amines) is 1. The molecule has 0 aliphatic carbocycles. The lowest BCUT2D eigenvalue weighted by Crippen LogP contribution is -2.53. The van der Waals surface area contributed by atoms with Crippen molar-refractivity contribution in [2.45, 2.75) is 44.4 Å². The number of hydrogen-bond acceptors (Lipinski definition) is 6. The molecule has 0 saturated carbocycles. The van der Waals surface area contributed by atoms with Crippen molar-refractivity contribution < 1.29 is 23.6 Å². The van der Waals surface area contributed by atoms with Crippen LogP contribution in [0.4, 0.5) is 0 Å². The Hall–Kier alpha value is -4.27. The number of rotatable bonds is 10. The average molecular weight is 475 g/mol. The molecule has 0 bridgehead atoms. The Kier molecular flexibility index (Phi) is 7.67. The van der Waals surface area contributed by atoms with Gasteiger partial charge in [0, 0.05) is 19.4 Å². The van der Waals surface area contributed by atoms with Crippen LogP contribution in [0.15, 0.2) is 77.5 Å². The summed E-state index contributed by atoms with van der Waals surface area (Å²) in [7, 11) is 0. The van der Waals surface area contributed by atoms with E-state index in [4.69, 9.17) is 4.42 Å². The highest BCUT2D eigenvalue weighted by molar-refractivity contribution is 6.38. The molecule has 1 fully saturated rings. The maximum Gasteiger partial charge on any atom is 0.290 e. The smallest absolute Gasteiger partial charge is 0.290 e. The molecule has 1 saturated heterocycles. The lowest BCUT2D eigenvalue weighted by Gasteiger charge is -2.26. The first-order chi connectivity index (χ1) is 17.0. The summed E-state index contributed by atoms with van der Waals surface area (Å²) in [5.74, 6) is -1.96. The molecule has 9 nitrogen and oxygen atoms in total. The van der Waals surface area contributed by atoms with Crippen LogP contribution in [0.5, 0.6) is 0 Å². The molecule has 35 heavy (non-hydrogen) atoms. The number of oxazole rings is 1. The summed E-state index contributed by atoms with van der Waals surface area (Å²) in [5, 5.41) is 5.22. The van der Waals surface area contributed by atoms with Crippen molar-refractivity contribution in [2.75, 3.05) is 0 Å². The Bertz CT molecular complexity index is 1160. The van der Waals surface area contributed by atoms with E-state index in [1.54, 1.807) is 0 Å². The van der Waals surface area contributed by atoms with Gasteiger partial charge in [0.1, 0.15) is 18.3 Å². The number of ketones is 1. The highest BCUT2D eigenvalue weighted by Gasteiger charge is 2.38. The average Bonchev–Trinajstić information content (AvgIpc) is 3.53. The summed E-state index contributed by atoms with van der Waals surface area (Å²) in [4.78, 5) is 56.8. The van der Waals surface area contributed by atoms with Gasteiger partial charge in [-0.3, -0.25) is 19.2 Å². The third kappa shape index (κ3) is 6.20. The number of nitrogens with one attached hydrogen (secondary N) is 2. The molecule has 9 heteroatoms. The third-order valence-corrected chi connectivity index (χ3v) is 5.85. The predicted octanol–water partition coefficient (Wildman–Crippen LogP) is 1.78. The van der Waals surface area contributed by atoms with Crippen LogP contribution in [0.25, 0.3) is 0 Å². The predicted molar refractivity (Wildman–Crippen MR) is 125 cm³/mol. The van der Waals surface area contributed by atoms with Crippen molar-refractivity contribution in [3.05, 3.63) is 90.1 Å². The topological polar surface area (TPSA) is 122 Å². The standard InChI is InChI=1S/C26H26N4O5/c31-23-12-11-21(30(23)17-19-9-5-2-6-10-19)25(33)29-20(15-18-7-3-1-4-8-18)24(32)26(34)28-16-22-27-13-14-35-22/h1-10,13-14,20-21H,11-12,15-17H2,(H,28,34)(H,29,33)/t20?,21-/m1/s1. The van der Waals surface area contributed by atoms with Crippen molar-refractivity contribution in [2.24, 2.45) is 0 Å². The molecular formula is C26H26N4O5. The van der Waals surface area contributed by atoms with Gasteiger partial charge < -0.3 is 20.0 Å². The fraction of sp³-hybridized carbons (Fsp3) is 0.269. The number of carbonyl (C=O) groups is 4. The molecule has 2 heterocycles. The number of hydrogen-bond donors (Lipinski definition) is 2. The summed E-state index contributed by atoms with van der Waals surface area (Å²) >= 11 is 0. The summed E-state index contributed by atoms with van der Waals surface area (Å²) in [6.07, 6.45) is 3.54. The fourth-order valence-corrected chi connectivity index (χ4v) is 4.05. The highest BCUT2D eigenvalue weighted by Crippen LogP contribution is 2.22. The normalized spacial score (nSPS) is 16.1. The van der Waals surface area contributed by atoms with Gasteiger partial charge in [-0.2, -0.15) is 0 Å². The molecule has 0 radical (unpaired) electrons. The van der Waals surface area contributed by atoms with Crippen LogP contribution in [0.3, 0.4) is 0 Å². The van der Waals surface area contributed by atoms with Gasteiger partial charge in [-0.1, -0.05) is 60.7 Å². The lowest BCUT2D eigenvalue weighted by atomic mass is 10.0. The first-order valence-electron chi connectivity index (χ1n) is 11.4. The van der Waals surface area contributed by atoms with Crippen LogP contribution >= 0.6 is 0 Å². The van der Waals surface area contributed by atoms with E-state index in [1.165, 1.54) is 17.4 Å². The largest absolute Gasteiger partial charge is 0.447 e. The monoisotopic (exact) mass is 474 g/mol. The van der Waals surface area contributed by atoms with Crippen molar-refractivity contribution in [1.29, 1.82) is 0 Å². The van der Waals surface area contributed by atoms with Crippen molar-refractivity contribution >= 4 is 23.5 Å². The molecule has 180 valence electrons. The van der Waals surface area contributed by atoms with Gasteiger partial charge in [0.05, 0.1) is 12.7 Å². The third-order valence-electron chi connectivity index (χ3n) is 5.85. The van der Waals surface area contributed by atoms with Crippen molar-refractivity contribution in [3.63, 3.8) is 0 Å². The number of nitrogens with zero attached hydrogens (tertiary/aromatic N) is 2. The summed E-state index contributed by atoms with van der Waals surface area (Å²) in [6, 6.07) is 16.7. The van der Waals surface area contributed by atoms with E-state index in [9.17, 15) is 19.2 Å². The Morgan fingerprint density at radius 1 is 1.03 bits per heavy atom. The van der Waals surface area contributed by atoms with E-state index in [0.717, 1.165) is 11.1 Å². The van der Waals surface area contributed by atoms with Gasteiger partial charge in [0.25, 0.3) is 5.91 Å². The van der Waals surface area contributed by atoms with Crippen LogP contribution in [0.1, 0.15) is 29.9 Å². The molecule has 2 aromatic carbocycles. The fourth-order valence-electron chi connectivity index (χ4n) is 4.05. The van der Waals surface area contributed by atoms with Gasteiger partial charge in [-0.05, 0) is 17.5 Å². The van der Waals surface area contributed by atoms with E-state index in [0.29, 0.717) is 13.0 Å². The van der Waals surface area contributed by atoms with Crippen LogP contribution in [0, 0.1) is 0 Å². The second-order valence-electron chi connectivity index (χ2n) is 8.29. The Morgan fingerprint density at radius 2 is 1.71 bits per heavy atom. The number of benzene rings is 2. The van der Waals surface area contributed by atoms with E-state index in [-0.39, 0.29) is 31.2 Å². The van der Waals surface area contributed by atoms with E-state index >= 15 is 0 Å². The molecule has 1 aliphatic heterocycles. The van der Waals surface area contributed by atoms with Gasteiger partial charge >= 0.3 is 0 Å². The first-order valence-corrected chi connectivity index (χ1v) is 11.4. The number of Topliss-reactive ketones (excluding diaryl/α,β-unsaturated/α-hetero) is 1. The lowest BCUT2D eigenvalue weighted by molar-refractivity contribution is -0.141. The molecular weight excluding hydrogens is 448 g/mol. The van der Waals surface area contributed by atoms with Crippen molar-refractivity contribution in [3.8, 4) is 0 Å². The van der Waals surface area contributed by atoms with Crippen LogP contribution in [0.2, 0.25) is 0 Å². The molecule has 3 aromatic rings. The quantitative estimate of drug-likeness (QED) is 0.432. The zero-order chi connectivity index (χ0) is 24.6. The molecule has 4 rings (SSSR count). The molecule has 1 aliphatic rings. The summed E-state index contributed by atoms with van der Waals surface area (Å²) < 4.78 is 5.08. The zero-order valence-electron chi connectivity index (χ0n) is 19.1. The molecule has 2 atom stereocenters. The van der Waals surface area contributed by atoms with E-state index in [1.807, 2.05) is 60.7 Å². The van der Waals surface area contributed by atoms with Crippen LogP contribution < -0.4 is 10.6 Å². The maximum absolute atomic E-state index is 13.2. The van der Waals surface area contributed by atoms with Crippen LogP contribution in [-0.4, -0.2) is 45.5 Å².